The smallest absolute Gasteiger partial charge is 0.303 e. The van der Waals surface area contributed by atoms with Gasteiger partial charge in [-0.05, 0) is 17.9 Å². The van der Waals surface area contributed by atoms with Crippen LogP contribution in [0.3, 0.4) is 0 Å². The van der Waals surface area contributed by atoms with Crippen molar-refractivity contribution in [3.63, 3.8) is 0 Å². The van der Waals surface area contributed by atoms with Crippen LogP contribution in [0.1, 0.15) is 17.7 Å². The summed E-state index contributed by atoms with van der Waals surface area (Å²) < 4.78 is 11.1. The fraction of sp³-hybridized carbons (Fsp3) is 0.545. The predicted molar refractivity (Wildman–Crippen MR) is 59.5 cm³/mol. The molecule has 1 saturated heterocycles. The van der Waals surface area contributed by atoms with Crippen LogP contribution >= 0.6 is 11.3 Å². The van der Waals surface area contributed by atoms with Crippen molar-refractivity contribution in [1.29, 1.82) is 0 Å². The average molecular weight is 242 g/mol. The fourth-order valence-electron chi connectivity index (χ4n) is 1.64. The summed E-state index contributed by atoms with van der Waals surface area (Å²) in [6.45, 7) is 0.503. The highest BCUT2D eigenvalue weighted by atomic mass is 32.1. The maximum Gasteiger partial charge on any atom is 0.303 e. The summed E-state index contributed by atoms with van der Waals surface area (Å²) in [5, 5.41) is 10.6. The summed E-state index contributed by atoms with van der Waals surface area (Å²) in [6.07, 6.45) is 1.13. The van der Waals surface area contributed by atoms with Gasteiger partial charge in [0.1, 0.15) is 0 Å². The Balaban J connectivity index is 1.73. The van der Waals surface area contributed by atoms with Gasteiger partial charge in [0.15, 0.2) is 6.29 Å². The quantitative estimate of drug-likeness (QED) is 0.856. The number of hydrogen-bond acceptors (Lipinski definition) is 4. The zero-order chi connectivity index (χ0) is 11.4. The molecule has 0 saturated carbocycles. The number of aliphatic carboxylic acids is 1. The third kappa shape index (κ3) is 3.30. The largest absolute Gasteiger partial charge is 0.481 e. The number of hydrogen-bond donors (Lipinski definition) is 1. The van der Waals surface area contributed by atoms with Crippen LogP contribution in [0.25, 0.3) is 0 Å². The predicted octanol–water partition coefficient (Wildman–Crippen LogP) is 1.90. The van der Waals surface area contributed by atoms with E-state index in [1.165, 1.54) is 4.88 Å². The third-order valence-corrected chi connectivity index (χ3v) is 3.34. The van der Waals surface area contributed by atoms with Gasteiger partial charge in [-0.1, -0.05) is 6.07 Å². The maximum absolute atomic E-state index is 10.4. The zero-order valence-corrected chi connectivity index (χ0v) is 9.61. The molecule has 5 heteroatoms. The normalized spacial score (nSPS) is 24.8. The van der Waals surface area contributed by atoms with Crippen LogP contribution in [0.15, 0.2) is 17.5 Å². The Labute approximate surface area is 97.8 Å². The first-order chi connectivity index (χ1) is 7.74. The molecular formula is C11H14O4S. The van der Waals surface area contributed by atoms with Gasteiger partial charge in [-0.2, -0.15) is 0 Å². The van der Waals surface area contributed by atoms with E-state index in [4.69, 9.17) is 14.6 Å². The Bertz CT molecular complexity index is 336. The van der Waals surface area contributed by atoms with Crippen molar-refractivity contribution in [2.45, 2.75) is 31.7 Å². The monoisotopic (exact) mass is 242 g/mol. The second-order valence-electron chi connectivity index (χ2n) is 3.74. The molecule has 1 aromatic heterocycles. The number of thiophene rings is 1. The van der Waals surface area contributed by atoms with Crippen molar-refractivity contribution >= 4 is 17.3 Å². The summed E-state index contributed by atoms with van der Waals surface area (Å²) in [4.78, 5) is 11.6. The van der Waals surface area contributed by atoms with Crippen LogP contribution in [-0.2, 0) is 20.7 Å². The molecule has 2 rings (SSSR count). The first-order valence-corrected chi connectivity index (χ1v) is 6.13. The molecule has 0 bridgehead atoms. The van der Waals surface area contributed by atoms with Crippen molar-refractivity contribution in [2.24, 2.45) is 0 Å². The van der Waals surface area contributed by atoms with Crippen LogP contribution in [0, 0.1) is 0 Å². The minimum absolute atomic E-state index is 0.0685. The molecule has 16 heavy (non-hydrogen) atoms. The Hall–Kier alpha value is -0.910. The molecule has 0 amide bonds. The van der Waals surface area contributed by atoms with E-state index in [9.17, 15) is 4.79 Å². The van der Waals surface area contributed by atoms with Gasteiger partial charge in [0.25, 0.3) is 0 Å². The molecule has 4 nitrogen and oxygen atoms in total. The summed E-state index contributed by atoms with van der Waals surface area (Å²) >= 11 is 1.68. The number of ether oxygens (including phenoxy) is 2. The molecule has 1 aromatic rings. The van der Waals surface area contributed by atoms with E-state index in [0.717, 1.165) is 6.42 Å². The molecule has 0 aromatic carbocycles. The lowest BCUT2D eigenvalue weighted by molar-refractivity contribution is -0.137. The first-order valence-electron chi connectivity index (χ1n) is 5.25. The van der Waals surface area contributed by atoms with Crippen molar-refractivity contribution < 1.29 is 19.4 Å². The van der Waals surface area contributed by atoms with Gasteiger partial charge in [-0.15, -0.1) is 11.3 Å². The highest BCUT2D eigenvalue weighted by Gasteiger charge is 2.26. The summed E-state index contributed by atoms with van der Waals surface area (Å²) in [5.41, 5.74) is 0. The van der Waals surface area contributed by atoms with E-state index in [-0.39, 0.29) is 18.8 Å². The lowest BCUT2D eigenvalue weighted by atomic mass is 10.2. The van der Waals surface area contributed by atoms with E-state index >= 15 is 0 Å². The third-order valence-electron chi connectivity index (χ3n) is 2.44. The molecule has 1 N–H and O–H groups in total. The Morgan fingerprint density at radius 2 is 2.50 bits per heavy atom. The molecule has 0 spiro atoms. The molecule has 1 aliphatic rings. The van der Waals surface area contributed by atoms with Crippen molar-refractivity contribution in [3.05, 3.63) is 22.4 Å². The lowest BCUT2D eigenvalue weighted by Gasteiger charge is -2.09. The van der Waals surface area contributed by atoms with Gasteiger partial charge in [-0.3, -0.25) is 4.79 Å². The minimum atomic E-state index is -0.787. The molecule has 0 radical (unpaired) electrons. The van der Waals surface area contributed by atoms with Gasteiger partial charge in [0.05, 0.1) is 12.7 Å². The van der Waals surface area contributed by atoms with E-state index in [1.807, 2.05) is 17.5 Å². The van der Waals surface area contributed by atoms with E-state index in [0.29, 0.717) is 13.0 Å². The fourth-order valence-corrected chi connectivity index (χ4v) is 2.37. The van der Waals surface area contributed by atoms with E-state index in [2.05, 4.69) is 0 Å². The SMILES string of the molecule is O=C(O)CCC1COC(Cc2cccs2)O1. The van der Waals surface area contributed by atoms with Gasteiger partial charge in [0.2, 0.25) is 0 Å². The Morgan fingerprint density at radius 1 is 1.62 bits per heavy atom. The van der Waals surface area contributed by atoms with Crippen LogP contribution in [0.4, 0.5) is 0 Å². The molecule has 2 heterocycles. The molecule has 88 valence electrons. The van der Waals surface area contributed by atoms with Crippen LogP contribution in [0.5, 0.6) is 0 Å². The average Bonchev–Trinajstić information content (AvgIpc) is 2.87. The second kappa shape index (κ2) is 5.43. The number of carbonyl (C=O) groups is 1. The zero-order valence-electron chi connectivity index (χ0n) is 8.80. The Kier molecular flexibility index (Phi) is 3.93. The van der Waals surface area contributed by atoms with Gasteiger partial charge in [0, 0.05) is 17.7 Å². The number of carboxylic acid groups (broad SMARTS) is 1. The van der Waals surface area contributed by atoms with Gasteiger partial charge < -0.3 is 14.6 Å². The van der Waals surface area contributed by atoms with Crippen molar-refractivity contribution in [1.82, 2.24) is 0 Å². The van der Waals surface area contributed by atoms with Gasteiger partial charge >= 0.3 is 5.97 Å². The second-order valence-corrected chi connectivity index (χ2v) is 4.77. The Morgan fingerprint density at radius 3 is 3.19 bits per heavy atom. The molecule has 2 unspecified atom stereocenters. The van der Waals surface area contributed by atoms with Gasteiger partial charge in [-0.25, -0.2) is 0 Å². The van der Waals surface area contributed by atoms with Crippen LogP contribution in [0.2, 0.25) is 0 Å². The lowest BCUT2D eigenvalue weighted by Crippen LogP contribution is -2.15. The van der Waals surface area contributed by atoms with Crippen LogP contribution in [-0.4, -0.2) is 30.1 Å². The molecule has 2 atom stereocenters. The summed E-state index contributed by atoms with van der Waals surface area (Å²) in [6, 6.07) is 4.04. The van der Waals surface area contributed by atoms with Crippen LogP contribution < -0.4 is 0 Å². The molecule has 1 aliphatic heterocycles. The number of carboxylic acids is 1. The van der Waals surface area contributed by atoms with E-state index in [1.54, 1.807) is 11.3 Å². The molecule has 1 fully saturated rings. The maximum atomic E-state index is 10.4. The highest BCUT2D eigenvalue weighted by Crippen LogP contribution is 2.21. The molecule has 0 aliphatic carbocycles. The highest BCUT2D eigenvalue weighted by molar-refractivity contribution is 7.09. The first kappa shape index (κ1) is 11.6. The minimum Gasteiger partial charge on any atom is -0.481 e. The van der Waals surface area contributed by atoms with Crippen molar-refractivity contribution in [3.8, 4) is 0 Å². The van der Waals surface area contributed by atoms with E-state index < -0.39 is 5.97 Å². The summed E-state index contributed by atoms with van der Waals surface area (Å²) in [5.74, 6) is -0.787. The molecular weight excluding hydrogens is 228 g/mol. The topological polar surface area (TPSA) is 55.8 Å². The number of rotatable bonds is 5. The van der Waals surface area contributed by atoms with Crippen molar-refractivity contribution in [2.75, 3.05) is 6.61 Å². The summed E-state index contributed by atoms with van der Waals surface area (Å²) in [7, 11) is 0. The standard InChI is InChI=1S/C11H14O4S/c12-10(13)4-3-8-7-14-11(15-8)6-9-2-1-5-16-9/h1-2,5,8,11H,3-4,6-7H2,(H,12,13).